The van der Waals surface area contributed by atoms with Crippen LogP contribution in [0.4, 0.5) is 0 Å². The normalized spacial score (nSPS) is 15.1. The van der Waals surface area contributed by atoms with Crippen molar-refractivity contribution in [2.24, 2.45) is 5.92 Å². The highest BCUT2D eigenvalue weighted by molar-refractivity contribution is 6.59. The molecule has 2 N–H and O–H groups in total. The van der Waals surface area contributed by atoms with Crippen LogP contribution in [0.1, 0.15) is 18.4 Å². The lowest BCUT2D eigenvalue weighted by Crippen LogP contribution is -2.31. The molecule has 0 radical (unpaired) electrons. The monoisotopic (exact) mass is 206 g/mol. The van der Waals surface area contributed by atoms with E-state index in [4.69, 9.17) is 14.8 Å². The molecule has 0 aromatic heterocycles. The van der Waals surface area contributed by atoms with Crippen LogP contribution < -0.4 is 10.2 Å². The van der Waals surface area contributed by atoms with Crippen molar-refractivity contribution in [3.05, 3.63) is 23.8 Å². The minimum Gasteiger partial charge on any atom is -0.494 e. The topological polar surface area (TPSA) is 49.7 Å². The Kier molecular flexibility index (Phi) is 2.98. The standard InChI is InChI=1S/C11H15BO3/c1-8-2-5-10(12(13)14)11(6-8)15-7-9-3-4-9/h2,5-6,9,13-14H,3-4,7H2,1H3. The van der Waals surface area contributed by atoms with Crippen molar-refractivity contribution in [3.8, 4) is 5.75 Å². The van der Waals surface area contributed by atoms with Crippen LogP contribution in [0.2, 0.25) is 0 Å². The van der Waals surface area contributed by atoms with E-state index in [1.807, 2.05) is 19.1 Å². The maximum Gasteiger partial charge on any atom is 0.492 e. The first kappa shape index (κ1) is 10.5. The van der Waals surface area contributed by atoms with Gasteiger partial charge < -0.3 is 14.8 Å². The van der Waals surface area contributed by atoms with Gasteiger partial charge in [-0.05, 0) is 37.3 Å². The van der Waals surface area contributed by atoms with E-state index in [1.165, 1.54) is 12.8 Å². The minimum atomic E-state index is -1.46. The lowest BCUT2D eigenvalue weighted by atomic mass is 9.79. The fraction of sp³-hybridized carbons (Fsp3) is 0.455. The van der Waals surface area contributed by atoms with Gasteiger partial charge in [0.05, 0.1) is 6.61 Å². The average Bonchev–Trinajstić information content (AvgIpc) is 2.97. The molecule has 3 nitrogen and oxygen atoms in total. The van der Waals surface area contributed by atoms with Crippen molar-refractivity contribution < 1.29 is 14.8 Å². The van der Waals surface area contributed by atoms with Crippen LogP contribution in [-0.2, 0) is 0 Å². The maximum absolute atomic E-state index is 9.15. The van der Waals surface area contributed by atoms with Gasteiger partial charge in [0.1, 0.15) is 5.75 Å². The zero-order valence-electron chi connectivity index (χ0n) is 8.81. The Labute approximate surface area is 89.8 Å². The van der Waals surface area contributed by atoms with E-state index in [0.29, 0.717) is 23.7 Å². The molecule has 1 aromatic rings. The summed E-state index contributed by atoms with van der Waals surface area (Å²) in [4.78, 5) is 0. The number of hydrogen-bond donors (Lipinski definition) is 2. The summed E-state index contributed by atoms with van der Waals surface area (Å²) >= 11 is 0. The molecule has 15 heavy (non-hydrogen) atoms. The highest BCUT2D eigenvalue weighted by Crippen LogP contribution is 2.29. The second-order valence-corrected chi connectivity index (χ2v) is 4.17. The van der Waals surface area contributed by atoms with Gasteiger partial charge in [0.2, 0.25) is 0 Å². The van der Waals surface area contributed by atoms with Crippen molar-refractivity contribution >= 4 is 12.6 Å². The Balaban J connectivity index is 2.13. The molecule has 0 spiro atoms. The van der Waals surface area contributed by atoms with Crippen LogP contribution in [0.3, 0.4) is 0 Å². The van der Waals surface area contributed by atoms with Crippen molar-refractivity contribution in [3.63, 3.8) is 0 Å². The van der Waals surface area contributed by atoms with E-state index in [-0.39, 0.29) is 0 Å². The predicted octanol–water partition coefficient (Wildman–Crippen LogP) is 0.464. The highest BCUT2D eigenvalue weighted by Gasteiger charge is 2.23. The second kappa shape index (κ2) is 4.25. The third-order valence-electron chi connectivity index (χ3n) is 2.62. The molecule has 0 aliphatic heterocycles. The first-order valence-electron chi connectivity index (χ1n) is 5.26. The summed E-state index contributed by atoms with van der Waals surface area (Å²) in [7, 11) is -1.46. The molecule has 0 bridgehead atoms. The molecule has 4 heteroatoms. The highest BCUT2D eigenvalue weighted by atomic mass is 16.5. The Morgan fingerprint density at radius 3 is 2.73 bits per heavy atom. The second-order valence-electron chi connectivity index (χ2n) is 4.17. The van der Waals surface area contributed by atoms with Gasteiger partial charge in [-0.2, -0.15) is 0 Å². The summed E-state index contributed by atoms with van der Waals surface area (Å²) in [6.07, 6.45) is 2.45. The van der Waals surface area contributed by atoms with Gasteiger partial charge in [-0.3, -0.25) is 0 Å². The van der Waals surface area contributed by atoms with Crippen LogP contribution in [0.15, 0.2) is 18.2 Å². The Bertz CT molecular complexity index is 348. The van der Waals surface area contributed by atoms with Gasteiger partial charge >= 0.3 is 7.12 Å². The molecule has 2 rings (SSSR count). The third kappa shape index (κ3) is 2.73. The van der Waals surface area contributed by atoms with E-state index < -0.39 is 7.12 Å². The minimum absolute atomic E-state index is 0.446. The SMILES string of the molecule is Cc1ccc(B(O)O)c(OCC2CC2)c1. The first-order chi connectivity index (χ1) is 7.16. The van der Waals surface area contributed by atoms with Crippen molar-refractivity contribution in [1.29, 1.82) is 0 Å². The van der Waals surface area contributed by atoms with E-state index in [0.717, 1.165) is 5.56 Å². The molecule has 1 aliphatic carbocycles. The molecule has 1 fully saturated rings. The number of aryl methyl sites for hydroxylation is 1. The van der Waals surface area contributed by atoms with Gasteiger partial charge in [0.25, 0.3) is 0 Å². The summed E-state index contributed by atoms with van der Waals surface area (Å²) in [5, 5.41) is 18.3. The number of ether oxygens (including phenoxy) is 1. The van der Waals surface area contributed by atoms with Gasteiger partial charge in [-0.15, -0.1) is 0 Å². The van der Waals surface area contributed by atoms with E-state index in [2.05, 4.69) is 0 Å². The van der Waals surface area contributed by atoms with Gasteiger partial charge in [0.15, 0.2) is 0 Å². The summed E-state index contributed by atoms with van der Waals surface area (Å²) < 4.78 is 5.58. The van der Waals surface area contributed by atoms with E-state index >= 15 is 0 Å². The fourth-order valence-electron chi connectivity index (χ4n) is 1.47. The van der Waals surface area contributed by atoms with Crippen molar-refractivity contribution in [2.75, 3.05) is 6.61 Å². The smallest absolute Gasteiger partial charge is 0.492 e. The lowest BCUT2D eigenvalue weighted by molar-refractivity contribution is 0.300. The molecule has 0 heterocycles. The Morgan fingerprint density at radius 2 is 2.13 bits per heavy atom. The van der Waals surface area contributed by atoms with E-state index in [1.54, 1.807) is 6.07 Å². The summed E-state index contributed by atoms with van der Waals surface area (Å²) in [5.41, 5.74) is 1.51. The number of hydrogen-bond acceptors (Lipinski definition) is 3. The molecule has 1 aliphatic rings. The largest absolute Gasteiger partial charge is 0.494 e. The zero-order chi connectivity index (χ0) is 10.8. The van der Waals surface area contributed by atoms with Gasteiger partial charge in [-0.25, -0.2) is 0 Å². The van der Waals surface area contributed by atoms with Crippen LogP contribution >= 0.6 is 0 Å². The number of rotatable bonds is 4. The van der Waals surface area contributed by atoms with E-state index in [9.17, 15) is 0 Å². The molecular weight excluding hydrogens is 191 g/mol. The quantitative estimate of drug-likeness (QED) is 0.703. The van der Waals surface area contributed by atoms with Crippen LogP contribution in [0.25, 0.3) is 0 Å². The molecule has 1 aromatic carbocycles. The molecule has 0 amide bonds. The van der Waals surface area contributed by atoms with Crippen LogP contribution in [-0.4, -0.2) is 23.8 Å². The first-order valence-corrected chi connectivity index (χ1v) is 5.26. The maximum atomic E-state index is 9.15. The average molecular weight is 206 g/mol. The summed E-state index contributed by atoms with van der Waals surface area (Å²) in [6.45, 7) is 2.64. The molecule has 1 saturated carbocycles. The summed E-state index contributed by atoms with van der Waals surface area (Å²) in [5.74, 6) is 1.26. The molecule has 0 unspecified atom stereocenters. The molecular formula is C11H15BO3. The fourth-order valence-corrected chi connectivity index (χ4v) is 1.47. The third-order valence-corrected chi connectivity index (χ3v) is 2.62. The molecule has 0 atom stereocenters. The van der Waals surface area contributed by atoms with Gasteiger partial charge in [0, 0.05) is 5.46 Å². The molecule has 0 saturated heterocycles. The lowest BCUT2D eigenvalue weighted by Gasteiger charge is -2.11. The van der Waals surface area contributed by atoms with Crippen LogP contribution in [0.5, 0.6) is 5.75 Å². The summed E-state index contributed by atoms with van der Waals surface area (Å²) in [6, 6.07) is 5.39. The Morgan fingerprint density at radius 1 is 1.40 bits per heavy atom. The van der Waals surface area contributed by atoms with Crippen LogP contribution in [0, 0.1) is 12.8 Å². The van der Waals surface area contributed by atoms with Gasteiger partial charge in [-0.1, -0.05) is 12.1 Å². The predicted molar refractivity (Wildman–Crippen MR) is 59.2 cm³/mol. The number of benzene rings is 1. The zero-order valence-corrected chi connectivity index (χ0v) is 8.81. The Hall–Kier alpha value is -0.995. The molecule has 80 valence electrons. The van der Waals surface area contributed by atoms with Crippen molar-refractivity contribution in [2.45, 2.75) is 19.8 Å². The van der Waals surface area contributed by atoms with Crippen molar-refractivity contribution in [1.82, 2.24) is 0 Å².